The van der Waals surface area contributed by atoms with E-state index in [-0.39, 0.29) is 34.6 Å². The lowest BCUT2D eigenvalue weighted by atomic mass is 10.0. The molecule has 12 rings (SSSR count). The molecule has 2 aromatic carbocycles. The van der Waals surface area contributed by atoms with Gasteiger partial charge in [-0.25, -0.2) is 33.2 Å². The minimum absolute atomic E-state index is 0.238. The number of nitrogens with one attached hydrogen (secondary N) is 3. The third kappa shape index (κ3) is 9.97. The van der Waals surface area contributed by atoms with Crippen LogP contribution in [0, 0.1) is 29.5 Å². The molecule has 2 fully saturated rings. The van der Waals surface area contributed by atoms with Gasteiger partial charge in [-0.1, -0.05) is 0 Å². The molecule has 0 aliphatic carbocycles. The first-order chi connectivity index (χ1) is 36.4. The number of fused-ring (bicyclic) bond motifs is 8. The van der Waals surface area contributed by atoms with E-state index in [9.17, 15) is 28.4 Å². The van der Waals surface area contributed by atoms with Gasteiger partial charge < -0.3 is 49.1 Å². The van der Waals surface area contributed by atoms with E-state index in [1.54, 1.807) is 38.7 Å². The molecule has 21 heteroatoms. The number of halogens is 2. The van der Waals surface area contributed by atoms with Gasteiger partial charge in [-0.05, 0) is 86.3 Å². The van der Waals surface area contributed by atoms with Crippen molar-refractivity contribution in [3.63, 3.8) is 0 Å². The highest BCUT2D eigenvalue weighted by Crippen LogP contribution is 2.37. The Morgan fingerprint density at radius 2 is 1.37 bits per heavy atom. The molecule has 378 valence electrons. The van der Waals surface area contributed by atoms with E-state index in [0.29, 0.717) is 79.7 Å². The van der Waals surface area contributed by atoms with Crippen molar-refractivity contribution in [3.05, 3.63) is 146 Å². The Kier molecular flexibility index (Phi) is 13.8. The summed E-state index contributed by atoms with van der Waals surface area (Å²) in [5.41, 5.74) is 12.9. The van der Waals surface area contributed by atoms with Gasteiger partial charge in [-0.3, -0.25) is 14.8 Å². The van der Waals surface area contributed by atoms with Crippen molar-refractivity contribution in [2.75, 3.05) is 50.2 Å². The third-order valence-electron chi connectivity index (χ3n) is 13.3. The number of nitrogens with zero attached hydrogens (tertiary/aromatic N) is 8. The fraction of sp³-hybridized carbons (Fsp3) is 0.241. The summed E-state index contributed by atoms with van der Waals surface area (Å²) in [5.74, 6) is 0.189. The number of aromatic nitrogens is 6. The first-order valence-electron chi connectivity index (χ1n) is 23.8. The number of ether oxygens (including phenoxy) is 2. The summed E-state index contributed by atoms with van der Waals surface area (Å²) in [6.45, 7) is 11.3. The van der Waals surface area contributed by atoms with E-state index < -0.39 is 17.1 Å². The number of H-pyrrole nitrogens is 2. The van der Waals surface area contributed by atoms with Crippen LogP contribution < -0.4 is 41.6 Å². The molecule has 5 N–H and O–H groups in total. The molecule has 0 saturated carbocycles. The van der Waals surface area contributed by atoms with Crippen molar-refractivity contribution < 1.29 is 31.9 Å². The molecule has 0 bridgehead atoms. The number of aldehydes is 1. The summed E-state index contributed by atoms with van der Waals surface area (Å²) in [7, 11) is 3.15. The average Bonchev–Trinajstić information content (AvgIpc) is 4.10. The number of benzene rings is 2. The van der Waals surface area contributed by atoms with Crippen LogP contribution in [-0.4, -0.2) is 88.7 Å². The first-order valence-corrected chi connectivity index (χ1v) is 23.8. The van der Waals surface area contributed by atoms with Crippen molar-refractivity contribution >= 4 is 89.2 Å². The van der Waals surface area contributed by atoms with Crippen LogP contribution >= 0.6 is 0 Å². The summed E-state index contributed by atoms with van der Waals surface area (Å²) < 4.78 is 47.8. The zero-order valence-electron chi connectivity index (χ0n) is 40.4. The molecule has 0 atom stereocenters. The second kappa shape index (κ2) is 21.0. The van der Waals surface area contributed by atoms with Crippen molar-refractivity contribution in [3.8, 4) is 17.8 Å². The van der Waals surface area contributed by atoms with Gasteiger partial charge in [-0.2, -0.15) is 5.26 Å². The number of carbonyl (C=O) groups is 1. The lowest BCUT2D eigenvalue weighted by Gasteiger charge is -2.35. The normalized spacial score (nSPS) is 14.1. The van der Waals surface area contributed by atoms with E-state index >= 15 is 0 Å². The minimum atomic E-state index is -0.552. The van der Waals surface area contributed by atoms with Crippen molar-refractivity contribution in [1.82, 2.24) is 35.2 Å². The number of carbonyl (C=O) groups excluding carboxylic acids is 1. The number of rotatable bonds is 8. The highest BCUT2D eigenvalue weighted by Gasteiger charge is 2.26. The summed E-state index contributed by atoms with van der Waals surface area (Å²) >= 11 is 0. The van der Waals surface area contributed by atoms with Crippen LogP contribution in [0.15, 0.2) is 104 Å². The largest absolute Gasteiger partial charge is 0.481 e. The molecule has 0 amide bonds. The number of methoxy groups -OCH3 is 2. The predicted molar refractivity (Wildman–Crippen MR) is 279 cm³/mol. The monoisotopic (exact) mass is 1010 g/mol. The number of piperidine rings is 2. The second-order valence-corrected chi connectivity index (χ2v) is 17.9. The molecule has 0 radical (unpaired) electrons. The smallest absolute Gasteiger partial charge is 0.360 e. The second-order valence-electron chi connectivity index (χ2n) is 17.9. The first kappa shape index (κ1) is 49.3. The number of aromatic amines is 2. The summed E-state index contributed by atoms with van der Waals surface area (Å²) in [6, 6.07) is 21.2. The Hall–Kier alpha value is -9.31. The maximum absolute atomic E-state index is 13.8. The molecule has 10 heterocycles. The van der Waals surface area contributed by atoms with Gasteiger partial charge in [0.15, 0.2) is 6.29 Å². The number of pyridine rings is 4. The van der Waals surface area contributed by atoms with Gasteiger partial charge >= 0.3 is 11.3 Å². The van der Waals surface area contributed by atoms with Crippen LogP contribution in [0.25, 0.3) is 70.7 Å². The fourth-order valence-electron chi connectivity index (χ4n) is 9.55. The summed E-state index contributed by atoms with van der Waals surface area (Å²) in [5, 5.41) is 14.8. The molecule has 8 aromatic heterocycles. The molecule has 2 saturated heterocycles. The number of hydrogen-bond acceptors (Lipinski definition) is 16. The predicted octanol–water partition coefficient (Wildman–Crippen LogP) is 8.34. The molecule has 10 aromatic rings. The molecule has 0 spiro atoms. The third-order valence-corrected chi connectivity index (χ3v) is 13.3. The maximum Gasteiger partial charge on any atom is 0.360 e. The molecule has 0 unspecified atom stereocenters. The standard InChI is InChI=1S/C27H23FN6O3.C15H17N5O.C12H6FNO3/c1-29-21-14-31-20-4-6-23(36-2)33-25(20)26(21)34-9-7-16(8-10-34)30-13-17-12-19-18-11-15(28)3-5-22(18)37-27(35)24(19)32-17;1-21-13-3-2-12-14(19-13)15(10(8-16)9-18-12)20-6-4-11(17)5-7-20;13-6-1-2-10-8(3-6)11-9(12(16)17-10)4-7(5-15)14-11/h3-6,11-12,14,16,30,32H,7-10,13H2,2H3;2-3,9,11H,4-7,17H2,1H3;1-5,14H. The van der Waals surface area contributed by atoms with Gasteiger partial charge in [0.05, 0.1) is 65.4 Å². The quantitative estimate of drug-likeness (QED) is 0.0634. The van der Waals surface area contributed by atoms with Gasteiger partial charge in [0.2, 0.25) is 17.4 Å². The summed E-state index contributed by atoms with van der Waals surface area (Å²) in [4.78, 5) is 66.4. The Bertz CT molecular complexity index is 4030. The van der Waals surface area contributed by atoms with Crippen LogP contribution in [0.4, 0.5) is 25.8 Å². The lowest BCUT2D eigenvalue weighted by molar-refractivity contribution is 0.111. The Morgan fingerprint density at radius 1 is 0.773 bits per heavy atom. The molecular formula is C54H46F2N12O7. The van der Waals surface area contributed by atoms with Crippen molar-refractivity contribution in [2.24, 2.45) is 5.73 Å². The number of nitrogens with two attached hydrogens (primary N) is 1. The molecule has 75 heavy (non-hydrogen) atoms. The topological polar surface area (TPSA) is 252 Å². The zero-order chi connectivity index (χ0) is 52.3. The van der Waals surface area contributed by atoms with Crippen LogP contribution in [0.1, 0.15) is 47.4 Å². The number of anilines is 2. The molecule has 2 aliphatic rings. The zero-order valence-corrected chi connectivity index (χ0v) is 40.4. The maximum atomic E-state index is 13.8. The van der Waals surface area contributed by atoms with E-state index in [1.165, 1.54) is 42.5 Å². The SMILES string of the molecule is COc1ccc2ncc(C#N)c(N3CCC(N)CC3)c2n1.O=Cc1cc2c(=O)oc3ccc(F)cc3c2[nH]1.[C-]#[N+]c1cnc2ccc(OC)nc2c1N1CCC(NCc2cc3c([nH]2)c(=O)oc2ccc(F)cc23)CC1. The Balaban J connectivity index is 0.000000142. The van der Waals surface area contributed by atoms with Gasteiger partial charge in [0.1, 0.15) is 45.4 Å². The van der Waals surface area contributed by atoms with Gasteiger partial charge in [0, 0.05) is 91.2 Å². The van der Waals surface area contributed by atoms with E-state index in [1.807, 2.05) is 18.2 Å². The molecule has 19 nitrogen and oxygen atoms in total. The number of nitriles is 1. The lowest BCUT2D eigenvalue weighted by Crippen LogP contribution is -2.42. The van der Waals surface area contributed by atoms with Crippen LogP contribution in [0.5, 0.6) is 11.8 Å². The Labute approximate surface area is 424 Å². The molecule has 2 aliphatic heterocycles. The van der Waals surface area contributed by atoms with E-state index in [2.05, 4.69) is 55.9 Å². The summed E-state index contributed by atoms with van der Waals surface area (Å²) in [6.07, 6.45) is 7.36. The van der Waals surface area contributed by atoms with Crippen LogP contribution in [0.2, 0.25) is 0 Å². The average molecular weight is 1010 g/mol. The highest BCUT2D eigenvalue weighted by molar-refractivity contribution is 6.05. The highest BCUT2D eigenvalue weighted by atomic mass is 19.1. The van der Waals surface area contributed by atoms with Crippen molar-refractivity contribution in [2.45, 2.75) is 44.3 Å². The van der Waals surface area contributed by atoms with Crippen LogP contribution in [0.3, 0.4) is 0 Å². The van der Waals surface area contributed by atoms with Crippen LogP contribution in [-0.2, 0) is 6.54 Å². The Morgan fingerprint density at radius 3 is 2.01 bits per heavy atom. The van der Waals surface area contributed by atoms with Crippen molar-refractivity contribution in [1.29, 1.82) is 5.26 Å². The van der Waals surface area contributed by atoms with E-state index in [4.69, 9.17) is 30.6 Å². The molecular weight excluding hydrogens is 967 g/mol. The minimum Gasteiger partial charge on any atom is -0.481 e. The van der Waals surface area contributed by atoms with E-state index in [0.717, 1.165) is 80.0 Å². The van der Waals surface area contributed by atoms with Gasteiger partial charge in [0.25, 0.3) is 0 Å². The fourth-order valence-corrected chi connectivity index (χ4v) is 9.55. The number of hydrogen-bond donors (Lipinski definition) is 4. The van der Waals surface area contributed by atoms with Gasteiger partial charge in [-0.15, -0.1) is 0 Å².